The van der Waals surface area contributed by atoms with E-state index in [1.807, 2.05) is 0 Å². The fraction of sp³-hybridized carbons (Fsp3) is 0.0714. The molecule has 5 heteroatoms. The zero-order valence-corrected chi connectivity index (χ0v) is 10.1. The summed E-state index contributed by atoms with van der Waals surface area (Å²) in [4.78, 5) is 10.8. The van der Waals surface area contributed by atoms with Gasteiger partial charge in [0.15, 0.2) is 0 Å². The van der Waals surface area contributed by atoms with Crippen molar-refractivity contribution < 1.29 is 14.3 Å². The highest BCUT2D eigenvalue weighted by Crippen LogP contribution is 2.18. The van der Waals surface area contributed by atoms with Crippen LogP contribution in [0.2, 0.25) is 0 Å². The summed E-state index contributed by atoms with van der Waals surface area (Å²) in [6.07, 6.45) is 0. The number of benzene rings is 2. The van der Waals surface area contributed by atoms with Gasteiger partial charge in [-0.1, -0.05) is 18.2 Å². The van der Waals surface area contributed by atoms with Crippen LogP contribution < -0.4 is 11.1 Å². The highest BCUT2D eigenvalue weighted by Gasteiger charge is 2.05. The second-order valence-corrected chi connectivity index (χ2v) is 4.05. The first-order chi connectivity index (χ1) is 9.08. The molecule has 0 saturated heterocycles. The van der Waals surface area contributed by atoms with Crippen molar-refractivity contribution in [3.8, 4) is 0 Å². The molecule has 0 fully saturated rings. The van der Waals surface area contributed by atoms with Crippen LogP contribution in [0.15, 0.2) is 42.5 Å². The van der Waals surface area contributed by atoms with Crippen LogP contribution in [0, 0.1) is 5.82 Å². The third kappa shape index (κ3) is 3.01. The molecule has 0 spiro atoms. The third-order valence-electron chi connectivity index (χ3n) is 2.74. The number of carboxylic acid groups (broad SMARTS) is 1. The van der Waals surface area contributed by atoms with Gasteiger partial charge in [0.1, 0.15) is 5.82 Å². The Kier molecular flexibility index (Phi) is 3.66. The van der Waals surface area contributed by atoms with Gasteiger partial charge in [-0.05, 0) is 29.8 Å². The standard InChI is InChI=1S/C14H13FN2O2/c15-12-6-2-4-10(13(12)16)8-17-11-5-1-3-9(7-11)14(18)19/h1-7,17H,8,16H2,(H,18,19). The lowest BCUT2D eigenvalue weighted by Gasteiger charge is -2.09. The lowest BCUT2D eigenvalue weighted by atomic mass is 10.1. The van der Waals surface area contributed by atoms with Gasteiger partial charge in [0.05, 0.1) is 11.3 Å². The summed E-state index contributed by atoms with van der Waals surface area (Å²) in [7, 11) is 0. The number of nitrogens with two attached hydrogens (primary N) is 1. The van der Waals surface area contributed by atoms with E-state index in [-0.39, 0.29) is 11.3 Å². The number of hydrogen-bond donors (Lipinski definition) is 3. The Morgan fingerprint density at radius 3 is 2.74 bits per heavy atom. The zero-order valence-electron chi connectivity index (χ0n) is 10.1. The van der Waals surface area contributed by atoms with Crippen LogP contribution in [0.25, 0.3) is 0 Å². The molecule has 0 atom stereocenters. The first-order valence-corrected chi connectivity index (χ1v) is 5.68. The smallest absolute Gasteiger partial charge is 0.335 e. The number of nitrogens with one attached hydrogen (secondary N) is 1. The summed E-state index contributed by atoms with van der Waals surface area (Å²) >= 11 is 0. The Balaban J connectivity index is 2.12. The van der Waals surface area contributed by atoms with E-state index >= 15 is 0 Å². The van der Waals surface area contributed by atoms with Crippen molar-refractivity contribution in [3.63, 3.8) is 0 Å². The van der Waals surface area contributed by atoms with Crippen molar-refractivity contribution in [2.45, 2.75) is 6.54 Å². The molecule has 98 valence electrons. The van der Waals surface area contributed by atoms with Gasteiger partial charge < -0.3 is 16.2 Å². The normalized spacial score (nSPS) is 10.2. The molecule has 19 heavy (non-hydrogen) atoms. The Morgan fingerprint density at radius 2 is 2.00 bits per heavy atom. The maximum absolute atomic E-state index is 13.2. The number of nitrogen functional groups attached to an aromatic ring is 1. The van der Waals surface area contributed by atoms with Gasteiger partial charge in [-0.2, -0.15) is 0 Å². The van der Waals surface area contributed by atoms with Crippen molar-refractivity contribution in [2.75, 3.05) is 11.1 Å². The predicted octanol–water partition coefficient (Wildman–Crippen LogP) is 2.72. The van der Waals surface area contributed by atoms with Crippen LogP contribution in [-0.4, -0.2) is 11.1 Å². The Morgan fingerprint density at radius 1 is 1.26 bits per heavy atom. The average molecular weight is 260 g/mol. The lowest BCUT2D eigenvalue weighted by Crippen LogP contribution is -2.05. The molecule has 2 rings (SSSR count). The number of rotatable bonds is 4. The average Bonchev–Trinajstić information content (AvgIpc) is 2.41. The van der Waals surface area contributed by atoms with E-state index in [4.69, 9.17) is 10.8 Å². The van der Waals surface area contributed by atoms with Crippen LogP contribution in [0.5, 0.6) is 0 Å². The predicted molar refractivity (Wildman–Crippen MR) is 71.5 cm³/mol. The van der Waals surface area contributed by atoms with E-state index < -0.39 is 11.8 Å². The highest BCUT2D eigenvalue weighted by molar-refractivity contribution is 5.88. The molecule has 0 amide bonds. The minimum atomic E-state index is -0.992. The van der Waals surface area contributed by atoms with Crippen LogP contribution in [0.3, 0.4) is 0 Å². The number of anilines is 2. The first kappa shape index (κ1) is 12.9. The molecule has 0 bridgehead atoms. The summed E-state index contributed by atoms with van der Waals surface area (Å²) in [6, 6.07) is 11.0. The lowest BCUT2D eigenvalue weighted by molar-refractivity contribution is 0.0697. The molecule has 0 radical (unpaired) electrons. The minimum Gasteiger partial charge on any atom is -0.478 e. The first-order valence-electron chi connectivity index (χ1n) is 5.68. The Bertz CT molecular complexity index is 614. The van der Waals surface area contributed by atoms with E-state index in [1.165, 1.54) is 18.2 Å². The minimum absolute atomic E-state index is 0.101. The number of carboxylic acids is 1. The molecule has 0 heterocycles. The van der Waals surface area contributed by atoms with Crippen molar-refractivity contribution in [1.29, 1.82) is 0 Å². The molecule has 0 saturated carbocycles. The van der Waals surface area contributed by atoms with E-state index in [1.54, 1.807) is 24.3 Å². The summed E-state index contributed by atoms with van der Waals surface area (Å²) in [5.41, 5.74) is 7.18. The van der Waals surface area contributed by atoms with Gasteiger partial charge in [-0.25, -0.2) is 9.18 Å². The molecular formula is C14H13FN2O2. The molecule has 0 aliphatic rings. The van der Waals surface area contributed by atoms with E-state index in [2.05, 4.69) is 5.32 Å². The summed E-state index contributed by atoms with van der Waals surface area (Å²) in [5, 5.41) is 11.9. The van der Waals surface area contributed by atoms with Gasteiger partial charge in [-0.15, -0.1) is 0 Å². The van der Waals surface area contributed by atoms with Crippen molar-refractivity contribution in [1.82, 2.24) is 0 Å². The fourth-order valence-corrected chi connectivity index (χ4v) is 1.70. The Hall–Kier alpha value is -2.56. The third-order valence-corrected chi connectivity index (χ3v) is 2.74. The maximum Gasteiger partial charge on any atom is 0.335 e. The molecule has 2 aromatic carbocycles. The second-order valence-electron chi connectivity index (χ2n) is 4.05. The summed E-state index contributed by atoms with van der Waals surface area (Å²) in [5.74, 6) is -1.45. The quantitative estimate of drug-likeness (QED) is 0.739. The van der Waals surface area contributed by atoms with Gasteiger partial charge in [-0.3, -0.25) is 0 Å². The van der Waals surface area contributed by atoms with Gasteiger partial charge in [0, 0.05) is 12.2 Å². The van der Waals surface area contributed by atoms with Gasteiger partial charge in [0.2, 0.25) is 0 Å². The van der Waals surface area contributed by atoms with E-state index in [0.717, 1.165) is 0 Å². The molecule has 4 N–H and O–H groups in total. The molecule has 0 aliphatic carbocycles. The van der Waals surface area contributed by atoms with Gasteiger partial charge >= 0.3 is 5.97 Å². The summed E-state index contributed by atoms with van der Waals surface area (Å²) < 4.78 is 13.2. The largest absolute Gasteiger partial charge is 0.478 e. The zero-order chi connectivity index (χ0) is 13.8. The van der Waals surface area contributed by atoms with Crippen LogP contribution >= 0.6 is 0 Å². The number of carbonyl (C=O) groups is 1. The summed E-state index contributed by atoms with van der Waals surface area (Å²) in [6.45, 7) is 0.326. The molecular weight excluding hydrogens is 247 g/mol. The SMILES string of the molecule is Nc1c(F)cccc1CNc1cccc(C(=O)O)c1. The molecule has 0 aliphatic heterocycles. The van der Waals surface area contributed by atoms with Crippen LogP contribution in [-0.2, 0) is 6.54 Å². The van der Waals surface area contributed by atoms with Crippen molar-refractivity contribution in [2.24, 2.45) is 0 Å². The van der Waals surface area contributed by atoms with Crippen molar-refractivity contribution >= 4 is 17.3 Å². The maximum atomic E-state index is 13.2. The topological polar surface area (TPSA) is 75.3 Å². The van der Waals surface area contributed by atoms with Gasteiger partial charge in [0.25, 0.3) is 0 Å². The van der Waals surface area contributed by atoms with E-state index in [0.29, 0.717) is 17.8 Å². The number of halogens is 1. The van der Waals surface area contributed by atoms with E-state index in [9.17, 15) is 9.18 Å². The molecule has 0 aromatic heterocycles. The highest BCUT2D eigenvalue weighted by atomic mass is 19.1. The number of hydrogen-bond acceptors (Lipinski definition) is 3. The van der Waals surface area contributed by atoms with Crippen molar-refractivity contribution in [3.05, 3.63) is 59.4 Å². The fourth-order valence-electron chi connectivity index (χ4n) is 1.70. The molecule has 4 nitrogen and oxygen atoms in total. The van der Waals surface area contributed by atoms with Crippen LogP contribution in [0.1, 0.15) is 15.9 Å². The molecule has 0 unspecified atom stereocenters. The number of para-hydroxylation sites is 1. The second kappa shape index (κ2) is 5.39. The molecule has 2 aromatic rings. The monoisotopic (exact) mass is 260 g/mol. The number of aromatic carboxylic acids is 1. The van der Waals surface area contributed by atoms with Crippen LogP contribution in [0.4, 0.5) is 15.8 Å². The Labute approximate surface area is 109 Å².